The van der Waals surface area contributed by atoms with Gasteiger partial charge in [0, 0.05) is 14.1 Å². The first-order chi connectivity index (χ1) is 10.4. The van der Waals surface area contributed by atoms with Crippen LogP contribution in [-0.2, 0) is 20.6 Å². The van der Waals surface area contributed by atoms with E-state index in [4.69, 9.17) is 0 Å². The fraction of sp³-hybridized carbons (Fsp3) is 0.615. The molecule has 0 aliphatic heterocycles. The van der Waals surface area contributed by atoms with Gasteiger partial charge in [0.1, 0.15) is 0 Å². The Kier molecular flexibility index (Phi) is 4.99. The fourth-order valence-electron chi connectivity index (χ4n) is 2.08. The van der Waals surface area contributed by atoms with Gasteiger partial charge in [0.15, 0.2) is 17.0 Å². The molecule has 2 aromatic rings. The van der Waals surface area contributed by atoms with Gasteiger partial charge in [-0.05, 0) is 33.6 Å². The van der Waals surface area contributed by atoms with E-state index < -0.39 is 11.2 Å². The number of aromatic nitrogens is 5. The molecule has 2 heterocycles. The van der Waals surface area contributed by atoms with Crippen LogP contribution in [0.5, 0.6) is 0 Å². The van der Waals surface area contributed by atoms with Crippen LogP contribution in [-0.4, -0.2) is 56.4 Å². The molecule has 2 aromatic heterocycles. The number of fused-ring (bicyclic) bond motifs is 1. The Bertz CT molecular complexity index is 778. The zero-order chi connectivity index (χ0) is 16.3. The van der Waals surface area contributed by atoms with E-state index in [0.29, 0.717) is 12.4 Å². The standard InChI is InChI=1S/C13H21N7O2/c1-18(2)7-5-6-14-8-9-15-10-11(17-16-9)19(3)13(22)20(4)12(10)21/h14H,5-8H2,1-4H3. The summed E-state index contributed by atoms with van der Waals surface area (Å²) in [6.07, 6.45) is 1.00. The summed E-state index contributed by atoms with van der Waals surface area (Å²) >= 11 is 0. The van der Waals surface area contributed by atoms with Crippen molar-refractivity contribution in [3.8, 4) is 0 Å². The monoisotopic (exact) mass is 307 g/mol. The molecule has 0 saturated heterocycles. The molecule has 0 atom stereocenters. The average molecular weight is 307 g/mol. The van der Waals surface area contributed by atoms with Gasteiger partial charge in [0.2, 0.25) is 0 Å². The second-order valence-electron chi connectivity index (χ2n) is 5.44. The molecule has 1 N–H and O–H groups in total. The number of nitrogens with zero attached hydrogens (tertiary/aromatic N) is 6. The minimum Gasteiger partial charge on any atom is -0.310 e. The van der Waals surface area contributed by atoms with Gasteiger partial charge in [-0.25, -0.2) is 9.78 Å². The highest BCUT2D eigenvalue weighted by Gasteiger charge is 2.12. The molecule has 0 aliphatic rings. The van der Waals surface area contributed by atoms with Crippen LogP contribution in [0.4, 0.5) is 0 Å². The van der Waals surface area contributed by atoms with Gasteiger partial charge in [-0.2, -0.15) is 0 Å². The van der Waals surface area contributed by atoms with Gasteiger partial charge in [-0.1, -0.05) is 0 Å². The first-order valence-corrected chi connectivity index (χ1v) is 7.06. The Morgan fingerprint density at radius 2 is 1.86 bits per heavy atom. The Morgan fingerprint density at radius 3 is 2.55 bits per heavy atom. The number of rotatable bonds is 6. The third-order valence-corrected chi connectivity index (χ3v) is 3.35. The minimum atomic E-state index is -0.457. The SMILES string of the molecule is CN(C)CCCNCc1nnc2c(n1)c(=O)n(C)c(=O)n2C. The van der Waals surface area contributed by atoms with Crippen LogP contribution in [0.1, 0.15) is 12.2 Å². The minimum absolute atomic E-state index is 0.157. The quantitative estimate of drug-likeness (QED) is 0.646. The highest BCUT2D eigenvalue weighted by atomic mass is 16.2. The first kappa shape index (κ1) is 16.2. The van der Waals surface area contributed by atoms with Crippen LogP contribution in [0.15, 0.2) is 9.59 Å². The summed E-state index contributed by atoms with van der Waals surface area (Å²) in [6, 6.07) is 0. The summed E-state index contributed by atoms with van der Waals surface area (Å²) in [5.41, 5.74) is -0.542. The lowest BCUT2D eigenvalue weighted by Crippen LogP contribution is -2.38. The summed E-state index contributed by atoms with van der Waals surface area (Å²) in [5, 5.41) is 11.1. The van der Waals surface area contributed by atoms with Crippen molar-refractivity contribution in [1.29, 1.82) is 0 Å². The average Bonchev–Trinajstić information content (AvgIpc) is 2.50. The van der Waals surface area contributed by atoms with Crippen LogP contribution in [0.25, 0.3) is 11.2 Å². The largest absolute Gasteiger partial charge is 0.332 e. The van der Waals surface area contributed by atoms with Crippen molar-refractivity contribution in [3.05, 3.63) is 26.7 Å². The maximum atomic E-state index is 12.1. The number of hydrogen-bond donors (Lipinski definition) is 1. The topological polar surface area (TPSA) is 97.9 Å². The van der Waals surface area contributed by atoms with Crippen molar-refractivity contribution in [1.82, 2.24) is 34.5 Å². The molecule has 9 heteroatoms. The van der Waals surface area contributed by atoms with Crippen LogP contribution in [0.3, 0.4) is 0 Å². The molecule has 0 aromatic carbocycles. The van der Waals surface area contributed by atoms with Gasteiger partial charge < -0.3 is 10.2 Å². The molecular weight excluding hydrogens is 286 g/mol. The molecular formula is C13H21N7O2. The molecule has 0 bridgehead atoms. The molecule has 0 spiro atoms. The molecule has 22 heavy (non-hydrogen) atoms. The van der Waals surface area contributed by atoms with E-state index in [1.54, 1.807) is 7.05 Å². The van der Waals surface area contributed by atoms with Crippen molar-refractivity contribution in [2.75, 3.05) is 27.2 Å². The van der Waals surface area contributed by atoms with Crippen molar-refractivity contribution >= 4 is 11.2 Å². The zero-order valence-corrected chi connectivity index (χ0v) is 13.3. The molecule has 0 fully saturated rings. The summed E-state index contributed by atoms with van der Waals surface area (Å²) in [7, 11) is 7.01. The molecule has 120 valence electrons. The second kappa shape index (κ2) is 6.75. The predicted octanol–water partition coefficient (Wildman–Crippen LogP) is -1.54. The zero-order valence-electron chi connectivity index (χ0n) is 13.3. The van der Waals surface area contributed by atoms with E-state index >= 15 is 0 Å². The van der Waals surface area contributed by atoms with E-state index in [1.165, 1.54) is 11.6 Å². The van der Waals surface area contributed by atoms with Gasteiger partial charge in [0.05, 0.1) is 6.54 Å². The Labute approximate surface area is 127 Å². The van der Waals surface area contributed by atoms with Crippen LogP contribution >= 0.6 is 0 Å². The smallest absolute Gasteiger partial charge is 0.310 e. The maximum absolute atomic E-state index is 12.1. The lowest BCUT2D eigenvalue weighted by atomic mass is 10.4. The fourth-order valence-corrected chi connectivity index (χ4v) is 2.08. The predicted molar refractivity (Wildman–Crippen MR) is 82.7 cm³/mol. The number of nitrogens with one attached hydrogen (secondary N) is 1. The molecule has 9 nitrogen and oxygen atoms in total. The summed E-state index contributed by atoms with van der Waals surface area (Å²) in [5.74, 6) is 0.438. The highest BCUT2D eigenvalue weighted by molar-refractivity contribution is 5.67. The summed E-state index contributed by atoms with van der Waals surface area (Å²) < 4.78 is 2.29. The molecule has 2 rings (SSSR count). The number of aryl methyl sites for hydroxylation is 1. The van der Waals surface area contributed by atoms with Crippen LogP contribution < -0.4 is 16.6 Å². The lowest BCUT2D eigenvalue weighted by molar-refractivity contribution is 0.393. The van der Waals surface area contributed by atoms with Crippen LogP contribution in [0, 0.1) is 0 Å². The van der Waals surface area contributed by atoms with Gasteiger partial charge in [-0.3, -0.25) is 13.9 Å². The van der Waals surface area contributed by atoms with Gasteiger partial charge in [-0.15, -0.1) is 10.2 Å². The number of hydrogen-bond acceptors (Lipinski definition) is 7. The maximum Gasteiger partial charge on any atom is 0.332 e. The van der Waals surface area contributed by atoms with Crippen molar-refractivity contribution in [2.45, 2.75) is 13.0 Å². The van der Waals surface area contributed by atoms with Gasteiger partial charge in [0.25, 0.3) is 5.56 Å². The van der Waals surface area contributed by atoms with E-state index in [-0.39, 0.29) is 11.2 Å². The Hall–Kier alpha value is -2.13. The molecule has 0 saturated carbocycles. The van der Waals surface area contributed by atoms with Crippen LogP contribution in [0.2, 0.25) is 0 Å². The molecule has 0 radical (unpaired) electrons. The van der Waals surface area contributed by atoms with Crippen molar-refractivity contribution in [3.63, 3.8) is 0 Å². The van der Waals surface area contributed by atoms with E-state index in [1.807, 2.05) is 14.1 Å². The summed E-state index contributed by atoms with van der Waals surface area (Å²) in [6.45, 7) is 2.25. The van der Waals surface area contributed by atoms with Crippen molar-refractivity contribution < 1.29 is 0 Å². The third kappa shape index (κ3) is 3.37. The molecule has 0 unspecified atom stereocenters. The summed E-state index contributed by atoms with van der Waals surface area (Å²) in [4.78, 5) is 30.2. The third-order valence-electron chi connectivity index (χ3n) is 3.35. The highest BCUT2D eigenvalue weighted by Crippen LogP contribution is 1.99. The van der Waals surface area contributed by atoms with E-state index in [9.17, 15) is 9.59 Å². The Balaban J connectivity index is 2.17. The van der Waals surface area contributed by atoms with E-state index in [0.717, 1.165) is 24.1 Å². The Morgan fingerprint density at radius 1 is 1.14 bits per heavy atom. The molecule has 0 aliphatic carbocycles. The van der Waals surface area contributed by atoms with Gasteiger partial charge >= 0.3 is 5.69 Å². The molecule has 0 amide bonds. The van der Waals surface area contributed by atoms with Crippen molar-refractivity contribution in [2.24, 2.45) is 14.1 Å². The lowest BCUT2D eigenvalue weighted by Gasteiger charge is -2.09. The van der Waals surface area contributed by atoms with E-state index in [2.05, 4.69) is 25.4 Å². The normalized spacial score (nSPS) is 11.5. The first-order valence-electron chi connectivity index (χ1n) is 7.06. The second-order valence-corrected chi connectivity index (χ2v) is 5.44.